The molecule has 3 nitrogen and oxygen atoms in total. The Balaban J connectivity index is 2.47. The first-order valence-corrected chi connectivity index (χ1v) is 6.91. The predicted molar refractivity (Wildman–Crippen MR) is 80.7 cm³/mol. The number of hydrogen-bond acceptors (Lipinski definition) is 2. The van der Waals surface area contributed by atoms with Gasteiger partial charge in [0.05, 0.1) is 0 Å². The van der Waals surface area contributed by atoms with Crippen molar-refractivity contribution in [1.82, 2.24) is 0 Å². The molecule has 0 saturated heterocycles. The van der Waals surface area contributed by atoms with Crippen molar-refractivity contribution in [3.05, 3.63) is 66.0 Å². The highest BCUT2D eigenvalue weighted by atomic mass is 19.1. The second-order valence-electron chi connectivity index (χ2n) is 4.96. The molecule has 0 heterocycles. The largest absolute Gasteiger partial charge is 0.479 e. The third-order valence-corrected chi connectivity index (χ3v) is 3.44. The number of halogens is 1. The minimum atomic E-state index is -1.26. The molecule has 0 radical (unpaired) electrons. The lowest BCUT2D eigenvalue weighted by atomic mass is 9.85. The molecule has 110 valence electrons. The van der Waals surface area contributed by atoms with Gasteiger partial charge in [0.15, 0.2) is 5.54 Å². The van der Waals surface area contributed by atoms with E-state index in [0.29, 0.717) is 24.1 Å². The van der Waals surface area contributed by atoms with Crippen LogP contribution in [0.1, 0.15) is 25.3 Å². The van der Waals surface area contributed by atoms with Gasteiger partial charge in [-0.25, -0.2) is 9.18 Å². The molecular formula is C17H18FNO2. The van der Waals surface area contributed by atoms with Gasteiger partial charge in [0.25, 0.3) is 0 Å². The van der Waals surface area contributed by atoms with E-state index in [2.05, 4.69) is 5.32 Å². The molecule has 0 bridgehead atoms. The van der Waals surface area contributed by atoms with Crippen molar-refractivity contribution in [2.45, 2.75) is 25.3 Å². The van der Waals surface area contributed by atoms with Crippen molar-refractivity contribution < 1.29 is 14.3 Å². The van der Waals surface area contributed by atoms with Gasteiger partial charge in [-0.05, 0) is 30.2 Å². The van der Waals surface area contributed by atoms with Crippen LogP contribution in [0.5, 0.6) is 0 Å². The molecule has 0 spiro atoms. The Morgan fingerprint density at radius 2 is 1.90 bits per heavy atom. The van der Waals surface area contributed by atoms with Crippen LogP contribution in [0, 0.1) is 5.82 Å². The van der Waals surface area contributed by atoms with E-state index in [1.807, 2.05) is 13.0 Å². The van der Waals surface area contributed by atoms with Crippen LogP contribution in [0.15, 0.2) is 54.6 Å². The summed E-state index contributed by atoms with van der Waals surface area (Å²) in [4.78, 5) is 11.9. The molecule has 4 heteroatoms. The molecule has 0 aromatic heterocycles. The summed E-state index contributed by atoms with van der Waals surface area (Å²) in [5.74, 6) is -1.37. The fourth-order valence-electron chi connectivity index (χ4n) is 2.47. The van der Waals surface area contributed by atoms with Crippen molar-refractivity contribution in [2.75, 3.05) is 5.32 Å². The molecule has 0 aliphatic rings. The quantitative estimate of drug-likeness (QED) is 0.843. The second-order valence-corrected chi connectivity index (χ2v) is 4.96. The highest BCUT2D eigenvalue weighted by molar-refractivity contribution is 5.84. The van der Waals surface area contributed by atoms with Gasteiger partial charge < -0.3 is 10.4 Å². The summed E-state index contributed by atoms with van der Waals surface area (Å²) in [6, 6.07) is 14.8. The summed E-state index contributed by atoms with van der Waals surface area (Å²) in [5.41, 5.74) is -0.151. The lowest BCUT2D eigenvalue weighted by Gasteiger charge is -2.32. The highest BCUT2D eigenvalue weighted by Gasteiger charge is 2.39. The molecule has 2 N–H and O–H groups in total. The van der Waals surface area contributed by atoms with E-state index < -0.39 is 17.3 Å². The zero-order chi connectivity index (χ0) is 15.3. The maximum absolute atomic E-state index is 13.3. The monoisotopic (exact) mass is 287 g/mol. The van der Waals surface area contributed by atoms with Crippen LogP contribution in [0.25, 0.3) is 0 Å². The van der Waals surface area contributed by atoms with Crippen molar-refractivity contribution in [3.63, 3.8) is 0 Å². The number of nitrogens with one attached hydrogen (secondary N) is 1. The molecule has 2 aromatic rings. The number of carbonyl (C=O) groups is 1. The number of anilines is 1. The summed E-state index contributed by atoms with van der Waals surface area (Å²) in [7, 11) is 0. The highest BCUT2D eigenvalue weighted by Crippen LogP contribution is 2.31. The van der Waals surface area contributed by atoms with Crippen molar-refractivity contribution >= 4 is 11.7 Å². The van der Waals surface area contributed by atoms with Gasteiger partial charge in [0.1, 0.15) is 5.82 Å². The first-order valence-electron chi connectivity index (χ1n) is 6.91. The fourth-order valence-corrected chi connectivity index (χ4v) is 2.47. The third kappa shape index (κ3) is 3.21. The normalized spacial score (nSPS) is 13.4. The molecule has 2 rings (SSSR count). The second kappa shape index (κ2) is 6.39. The molecule has 2 aromatic carbocycles. The van der Waals surface area contributed by atoms with Gasteiger partial charge in [0.2, 0.25) is 0 Å². The molecule has 1 atom stereocenters. The van der Waals surface area contributed by atoms with Crippen LogP contribution in [-0.4, -0.2) is 11.1 Å². The zero-order valence-corrected chi connectivity index (χ0v) is 11.8. The lowest BCUT2D eigenvalue weighted by Crippen LogP contribution is -2.43. The summed E-state index contributed by atoms with van der Waals surface area (Å²) in [6.45, 7) is 1.92. The van der Waals surface area contributed by atoms with Crippen molar-refractivity contribution in [3.8, 4) is 0 Å². The molecule has 0 fully saturated rings. The Hall–Kier alpha value is -2.36. The number of aliphatic carboxylic acids is 1. The van der Waals surface area contributed by atoms with Crippen molar-refractivity contribution in [2.24, 2.45) is 0 Å². The number of carboxylic acids is 1. The Labute approximate surface area is 123 Å². The number of benzene rings is 2. The van der Waals surface area contributed by atoms with Crippen molar-refractivity contribution in [1.29, 1.82) is 0 Å². The third-order valence-electron chi connectivity index (χ3n) is 3.44. The SMILES string of the molecule is CCCC(Nc1cccc(F)c1)(C(=O)O)c1ccccc1. The number of hydrogen-bond donors (Lipinski definition) is 2. The average Bonchev–Trinajstić information content (AvgIpc) is 2.47. The average molecular weight is 287 g/mol. The van der Waals surface area contributed by atoms with Gasteiger partial charge in [-0.15, -0.1) is 0 Å². The summed E-state index contributed by atoms with van der Waals surface area (Å²) < 4.78 is 13.3. The molecule has 0 aliphatic heterocycles. The van der Waals surface area contributed by atoms with E-state index in [1.165, 1.54) is 12.1 Å². The molecular weight excluding hydrogens is 269 g/mol. The van der Waals surface area contributed by atoms with Crippen LogP contribution in [0.3, 0.4) is 0 Å². The fraction of sp³-hybridized carbons (Fsp3) is 0.235. The van der Waals surface area contributed by atoms with Crippen LogP contribution >= 0.6 is 0 Å². The first kappa shape index (κ1) is 15.0. The molecule has 1 unspecified atom stereocenters. The number of rotatable bonds is 6. The zero-order valence-electron chi connectivity index (χ0n) is 11.8. The van der Waals surface area contributed by atoms with Gasteiger partial charge in [0, 0.05) is 5.69 Å². The van der Waals surface area contributed by atoms with Crippen LogP contribution in [0.4, 0.5) is 10.1 Å². The van der Waals surface area contributed by atoms with Crippen LogP contribution < -0.4 is 5.32 Å². The maximum atomic E-state index is 13.3. The topological polar surface area (TPSA) is 49.3 Å². The van der Waals surface area contributed by atoms with Crippen LogP contribution in [-0.2, 0) is 10.3 Å². The lowest BCUT2D eigenvalue weighted by molar-refractivity contribution is -0.143. The van der Waals surface area contributed by atoms with E-state index >= 15 is 0 Å². The molecule has 0 amide bonds. The Morgan fingerprint density at radius 3 is 2.48 bits per heavy atom. The Kier molecular flexibility index (Phi) is 4.58. The summed E-state index contributed by atoms with van der Waals surface area (Å²) in [6.07, 6.45) is 1.09. The minimum Gasteiger partial charge on any atom is -0.479 e. The predicted octanol–water partition coefficient (Wildman–Crippen LogP) is 4.02. The van der Waals surface area contributed by atoms with Crippen LogP contribution in [0.2, 0.25) is 0 Å². The van der Waals surface area contributed by atoms with Gasteiger partial charge in [-0.2, -0.15) is 0 Å². The summed E-state index contributed by atoms with van der Waals surface area (Å²) >= 11 is 0. The summed E-state index contributed by atoms with van der Waals surface area (Å²) in [5, 5.41) is 12.8. The smallest absolute Gasteiger partial charge is 0.334 e. The van der Waals surface area contributed by atoms with E-state index in [0.717, 1.165) is 0 Å². The Bertz CT molecular complexity index is 615. The molecule has 0 aliphatic carbocycles. The number of carboxylic acid groups (broad SMARTS) is 1. The molecule has 0 saturated carbocycles. The van der Waals surface area contributed by atoms with E-state index in [4.69, 9.17) is 0 Å². The standard InChI is InChI=1S/C17H18FNO2/c1-2-11-17(16(20)21,13-7-4-3-5-8-13)19-15-10-6-9-14(18)12-15/h3-10,12,19H,2,11H2,1H3,(H,20,21). The maximum Gasteiger partial charge on any atom is 0.334 e. The van der Waals surface area contributed by atoms with Gasteiger partial charge in [-0.1, -0.05) is 49.7 Å². The molecule has 21 heavy (non-hydrogen) atoms. The van der Waals surface area contributed by atoms with E-state index in [1.54, 1.807) is 36.4 Å². The Morgan fingerprint density at radius 1 is 1.19 bits per heavy atom. The minimum absolute atomic E-state index is 0.399. The first-order chi connectivity index (χ1) is 10.1. The van der Waals surface area contributed by atoms with E-state index in [-0.39, 0.29) is 0 Å². The van der Waals surface area contributed by atoms with Gasteiger partial charge in [-0.3, -0.25) is 0 Å². The van der Waals surface area contributed by atoms with Gasteiger partial charge >= 0.3 is 5.97 Å². The van der Waals surface area contributed by atoms with E-state index in [9.17, 15) is 14.3 Å².